The van der Waals surface area contributed by atoms with Gasteiger partial charge >= 0.3 is 5.97 Å². The molecule has 2 N–H and O–H groups in total. The van der Waals surface area contributed by atoms with Crippen molar-refractivity contribution in [2.45, 2.75) is 32.2 Å². The van der Waals surface area contributed by atoms with Crippen LogP contribution < -0.4 is 5.32 Å². The van der Waals surface area contributed by atoms with Crippen molar-refractivity contribution in [3.05, 3.63) is 30.1 Å². The molecule has 1 amide bonds. The average molecular weight is 248 g/mol. The second kappa shape index (κ2) is 4.76. The molecule has 1 unspecified atom stereocenters. The van der Waals surface area contributed by atoms with Gasteiger partial charge in [0.2, 0.25) is 5.91 Å². The zero-order valence-corrected chi connectivity index (χ0v) is 10.2. The lowest BCUT2D eigenvalue weighted by molar-refractivity contribution is -0.154. The van der Waals surface area contributed by atoms with Crippen LogP contribution in [-0.2, 0) is 16.0 Å². The Morgan fingerprint density at radius 1 is 1.50 bits per heavy atom. The number of amides is 1. The first-order chi connectivity index (χ1) is 8.52. The van der Waals surface area contributed by atoms with Gasteiger partial charge in [-0.3, -0.25) is 14.6 Å². The van der Waals surface area contributed by atoms with Gasteiger partial charge in [-0.25, -0.2) is 0 Å². The van der Waals surface area contributed by atoms with Crippen molar-refractivity contribution >= 4 is 11.9 Å². The number of carbonyl (C=O) groups excluding carboxylic acids is 1. The first-order valence-corrected chi connectivity index (χ1v) is 5.96. The van der Waals surface area contributed by atoms with Gasteiger partial charge < -0.3 is 10.4 Å². The number of nitrogens with zero attached hydrogens (tertiary/aromatic N) is 1. The highest BCUT2D eigenvalue weighted by Gasteiger charge is 2.43. The second-order valence-corrected chi connectivity index (χ2v) is 4.88. The number of hydrogen-bond acceptors (Lipinski definition) is 3. The molecule has 0 aromatic carbocycles. The van der Waals surface area contributed by atoms with Crippen LogP contribution in [0.2, 0.25) is 0 Å². The van der Waals surface area contributed by atoms with E-state index in [1.165, 1.54) is 6.92 Å². The summed E-state index contributed by atoms with van der Waals surface area (Å²) in [7, 11) is 0. The third-order valence-corrected chi connectivity index (χ3v) is 3.15. The predicted octanol–water partition coefficient (Wildman–Crippen LogP) is 0.994. The predicted molar refractivity (Wildman–Crippen MR) is 64.8 cm³/mol. The van der Waals surface area contributed by atoms with Crippen molar-refractivity contribution in [1.29, 1.82) is 0 Å². The molecule has 2 rings (SSSR count). The van der Waals surface area contributed by atoms with Gasteiger partial charge in [-0.05, 0) is 31.9 Å². The Hall–Kier alpha value is -1.91. The van der Waals surface area contributed by atoms with Crippen molar-refractivity contribution in [1.82, 2.24) is 10.3 Å². The summed E-state index contributed by atoms with van der Waals surface area (Å²) < 4.78 is 0. The van der Waals surface area contributed by atoms with Gasteiger partial charge in [-0.15, -0.1) is 0 Å². The second-order valence-electron chi connectivity index (χ2n) is 4.88. The Kier molecular flexibility index (Phi) is 3.32. The average Bonchev–Trinajstić information content (AvgIpc) is 3.13. The maximum Gasteiger partial charge on any atom is 0.319 e. The highest BCUT2D eigenvalue weighted by molar-refractivity contribution is 6.01. The summed E-state index contributed by atoms with van der Waals surface area (Å²) >= 11 is 0. The fourth-order valence-corrected chi connectivity index (χ4v) is 1.69. The number of hydrogen-bond donors (Lipinski definition) is 2. The Bertz CT molecular complexity index is 457. The van der Waals surface area contributed by atoms with E-state index in [9.17, 15) is 14.7 Å². The van der Waals surface area contributed by atoms with Gasteiger partial charge in [-0.2, -0.15) is 0 Å². The van der Waals surface area contributed by atoms with Crippen LogP contribution in [0.15, 0.2) is 24.4 Å². The molecule has 1 fully saturated rings. The molecule has 0 radical (unpaired) electrons. The molecule has 96 valence electrons. The maximum absolute atomic E-state index is 12.0. The van der Waals surface area contributed by atoms with Crippen LogP contribution in [0.1, 0.15) is 25.5 Å². The SMILES string of the molecule is CC(Cc1ccccn1)(C(=O)O)C(=O)NC1CC1. The summed E-state index contributed by atoms with van der Waals surface area (Å²) in [6, 6.07) is 5.42. The van der Waals surface area contributed by atoms with Gasteiger partial charge in [0.1, 0.15) is 5.41 Å². The van der Waals surface area contributed by atoms with Gasteiger partial charge in [0.25, 0.3) is 0 Å². The summed E-state index contributed by atoms with van der Waals surface area (Å²) in [6.07, 6.45) is 3.56. The first kappa shape index (κ1) is 12.5. The molecule has 0 aliphatic heterocycles. The molecule has 0 saturated heterocycles. The van der Waals surface area contributed by atoms with Crippen molar-refractivity contribution in [2.24, 2.45) is 5.41 Å². The van der Waals surface area contributed by atoms with Crippen LogP contribution in [0.25, 0.3) is 0 Å². The fraction of sp³-hybridized carbons (Fsp3) is 0.462. The Morgan fingerprint density at radius 2 is 2.22 bits per heavy atom. The summed E-state index contributed by atoms with van der Waals surface area (Å²) in [5, 5.41) is 12.1. The van der Waals surface area contributed by atoms with E-state index in [4.69, 9.17) is 0 Å². The van der Waals surface area contributed by atoms with Crippen molar-refractivity contribution in [3.8, 4) is 0 Å². The number of carboxylic acid groups (broad SMARTS) is 1. The van der Waals surface area contributed by atoms with E-state index in [1.54, 1.807) is 24.4 Å². The molecular weight excluding hydrogens is 232 g/mol. The fourth-order valence-electron chi connectivity index (χ4n) is 1.69. The van der Waals surface area contributed by atoms with Gasteiger partial charge in [0.05, 0.1) is 0 Å². The Balaban J connectivity index is 2.15. The van der Waals surface area contributed by atoms with Crippen LogP contribution in [0, 0.1) is 5.41 Å². The zero-order valence-electron chi connectivity index (χ0n) is 10.2. The molecular formula is C13H16N2O3. The van der Waals surface area contributed by atoms with E-state index in [1.807, 2.05) is 0 Å². The molecule has 1 aromatic rings. The van der Waals surface area contributed by atoms with Crippen molar-refractivity contribution < 1.29 is 14.7 Å². The van der Waals surface area contributed by atoms with Crippen molar-refractivity contribution in [2.75, 3.05) is 0 Å². The topological polar surface area (TPSA) is 79.3 Å². The van der Waals surface area contributed by atoms with Crippen LogP contribution in [-0.4, -0.2) is 28.0 Å². The highest BCUT2D eigenvalue weighted by Crippen LogP contribution is 2.26. The first-order valence-electron chi connectivity index (χ1n) is 5.96. The summed E-state index contributed by atoms with van der Waals surface area (Å²) in [5.74, 6) is -1.55. The van der Waals surface area contributed by atoms with Gasteiger partial charge in [0, 0.05) is 24.4 Å². The largest absolute Gasteiger partial charge is 0.480 e. The van der Waals surface area contributed by atoms with E-state index in [0.29, 0.717) is 5.69 Å². The van der Waals surface area contributed by atoms with E-state index < -0.39 is 17.3 Å². The number of rotatable bonds is 5. The van der Waals surface area contributed by atoms with Gasteiger partial charge in [-0.1, -0.05) is 6.07 Å². The molecule has 0 spiro atoms. The van der Waals surface area contributed by atoms with Crippen LogP contribution in [0.4, 0.5) is 0 Å². The Labute approximate surface area is 105 Å². The van der Waals surface area contributed by atoms with E-state index in [0.717, 1.165) is 12.8 Å². The minimum absolute atomic E-state index is 0.0989. The lowest BCUT2D eigenvalue weighted by atomic mass is 9.84. The molecule has 1 atom stereocenters. The summed E-state index contributed by atoms with van der Waals surface area (Å²) in [6.45, 7) is 1.45. The number of aromatic nitrogens is 1. The highest BCUT2D eigenvalue weighted by atomic mass is 16.4. The van der Waals surface area contributed by atoms with Gasteiger partial charge in [0.15, 0.2) is 0 Å². The standard InChI is InChI=1S/C13H16N2O3/c1-13(12(17)18,11(16)15-9-5-6-9)8-10-4-2-3-7-14-10/h2-4,7,9H,5-6,8H2,1H3,(H,15,16)(H,17,18). The number of aliphatic carboxylic acids is 1. The lowest BCUT2D eigenvalue weighted by Gasteiger charge is -2.23. The van der Waals surface area contributed by atoms with Crippen LogP contribution in [0.3, 0.4) is 0 Å². The molecule has 18 heavy (non-hydrogen) atoms. The number of carbonyl (C=O) groups is 2. The third kappa shape index (κ3) is 2.67. The number of nitrogens with one attached hydrogen (secondary N) is 1. The summed E-state index contributed by atoms with van der Waals surface area (Å²) in [5.41, 5.74) is -0.856. The van der Waals surface area contributed by atoms with Crippen LogP contribution in [0.5, 0.6) is 0 Å². The molecule has 1 aliphatic carbocycles. The quantitative estimate of drug-likeness (QED) is 0.762. The summed E-state index contributed by atoms with van der Waals surface area (Å²) in [4.78, 5) is 27.5. The molecule has 5 nitrogen and oxygen atoms in total. The van der Waals surface area contributed by atoms with E-state index in [2.05, 4.69) is 10.3 Å². The Morgan fingerprint density at radius 3 is 2.72 bits per heavy atom. The smallest absolute Gasteiger partial charge is 0.319 e. The molecule has 5 heteroatoms. The minimum atomic E-state index is -1.46. The normalized spacial score (nSPS) is 17.8. The molecule has 1 saturated carbocycles. The molecule has 1 aliphatic rings. The van der Waals surface area contributed by atoms with Crippen molar-refractivity contribution in [3.63, 3.8) is 0 Å². The number of carboxylic acids is 1. The molecule has 1 aromatic heterocycles. The van der Waals surface area contributed by atoms with E-state index in [-0.39, 0.29) is 12.5 Å². The molecule has 0 bridgehead atoms. The minimum Gasteiger partial charge on any atom is -0.480 e. The van der Waals surface area contributed by atoms with Crippen LogP contribution >= 0.6 is 0 Å². The lowest BCUT2D eigenvalue weighted by Crippen LogP contribution is -2.46. The number of pyridine rings is 1. The van der Waals surface area contributed by atoms with E-state index >= 15 is 0 Å². The monoisotopic (exact) mass is 248 g/mol. The zero-order chi connectivity index (χ0) is 13.2. The third-order valence-electron chi connectivity index (χ3n) is 3.15. The molecule has 1 heterocycles. The maximum atomic E-state index is 12.0.